The van der Waals surface area contributed by atoms with Gasteiger partial charge in [-0.3, -0.25) is 4.79 Å². The maximum Gasteiger partial charge on any atom is 0.273 e. The van der Waals surface area contributed by atoms with E-state index in [1.165, 1.54) is 19.3 Å². The molecule has 6 nitrogen and oxygen atoms in total. The lowest BCUT2D eigenvalue weighted by atomic mass is 9.96. The third kappa shape index (κ3) is 4.43. The van der Waals surface area contributed by atoms with E-state index in [1.54, 1.807) is 6.20 Å². The summed E-state index contributed by atoms with van der Waals surface area (Å²) >= 11 is 6.32. The number of rotatable bonds is 6. The number of benzene rings is 1. The largest absolute Gasteiger partial charge is 0.349 e. The Kier molecular flexibility index (Phi) is 6.27. The molecule has 1 aromatic heterocycles. The molecular weight excluding hydrogens is 350 g/mol. The zero-order valence-corrected chi connectivity index (χ0v) is 16.1. The monoisotopic (exact) mass is 375 g/mol. The van der Waals surface area contributed by atoms with Crippen LogP contribution in [0, 0.1) is 0 Å². The van der Waals surface area contributed by atoms with Gasteiger partial charge in [0.15, 0.2) is 5.69 Å². The van der Waals surface area contributed by atoms with Crippen molar-refractivity contribution in [3.63, 3.8) is 0 Å². The Hall–Kier alpha value is -1.92. The Bertz CT molecular complexity index is 739. The number of likely N-dealkylation sites (N-methyl/N-ethyl adjacent to an activating group) is 1. The standard InChI is InChI=1S/C19H26ClN5O/c1-24(2)18(15-10-6-7-11-16(15)20)12-21-19(26)17-13-25(23-22-17)14-8-4-3-5-9-14/h6-7,10-11,13-14,18H,3-5,8-9,12H2,1-2H3,(H,21,26)/t18-/m0/s1. The Morgan fingerprint density at radius 2 is 2.04 bits per heavy atom. The fourth-order valence-electron chi connectivity index (χ4n) is 3.50. The lowest BCUT2D eigenvalue weighted by Gasteiger charge is -2.25. The van der Waals surface area contributed by atoms with E-state index in [-0.39, 0.29) is 11.9 Å². The first-order valence-electron chi connectivity index (χ1n) is 9.17. The highest BCUT2D eigenvalue weighted by Gasteiger charge is 2.21. The van der Waals surface area contributed by atoms with Gasteiger partial charge in [-0.15, -0.1) is 5.10 Å². The quantitative estimate of drug-likeness (QED) is 0.839. The fraction of sp³-hybridized carbons (Fsp3) is 0.526. The lowest BCUT2D eigenvalue weighted by Crippen LogP contribution is -2.34. The van der Waals surface area contributed by atoms with E-state index in [1.807, 2.05) is 47.9 Å². The zero-order chi connectivity index (χ0) is 18.5. The maximum absolute atomic E-state index is 12.5. The maximum atomic E-state index is 12.5. The van der Waals surface area contributed by atoms with E-state index in [0.29, 0.717) is 23.3 Å². The molecule has 1 saturated carbocycles. The van der Waals surface area contributed by atoms with Crippen LogP contribution in [0.2, 0.25) is 5.02 Å². The molecule has 0 bridgehead atoms. The van der Waals surface area contributed by atoms with Gasteiger partial charge in [-0.25, -0.2) is 4.68 Å². The summed E-state index contributed by atoms with van der Waals surface area (Å²) in [5.74, 6) is -0.203. The van der Waals surface area contributed by atoms with E-state index in [2.05, 4.69) is 15.6 Å². The minimum atomic E-state index is -0.203. The van der Waals surface area contributed by atoms with Gasteiger partial charge < -0.3 is 10.2 Å². The number of hydrogen-bond acceptors (Lipinski definition) is 4. The van der Waals surface area contributed by atoms with Gasteiger partial charge >= 0.3 is 0 Å². The van der Waals surface area contributed by atoms with Crippen molar-refractivity contribution >= 4 is 17.5 Å². The third-order valence-corrected chi connectivity index (χ3v) is 5.38. The Morgan fingerprint density at radius 1 is 1.31 bits per heavy atom. The summed E-state index contributed by atoms with van der Waals surface area (Å²) in [5.41, 5.74) is 1.36. The van der Waals surface area contributed by atoms with Crippen molar-refractivity contribution in [2.45, 2.75) is 44.2 Å². The summed E-state index contributed by atoms with van der Waals surface area (Å²) in [6.45, 7) is 0.450. The van der Waals surface area contributed by atoms with Crippen molar-refractivity contribution in [1.29, 1.82) is 0 Å². The number of aromatic nitrogens is 3. The van der Waals surface area contributed by atoms with Crippen molar-refractivity contribution in [2.24, 2.45) is 0 Å². The van der Waals surface area contributed by atoms with Gasteiger partial charge in [0.25, 0.3) is 5.91 Å². The van der Waals surface area contributed by atoms with Crippen molar-refractivity contribution < 1.29 is 4.79 Å². The molecule has 0 aliphatic heterocycles. The van der Waals surface area contributed by atoms with Crippen LogP contribution in [0.3, 0.4) is 0 Å². The number of nitrogens with zero attached hydrogens (tertiary/aromatic N) is 4. The van der Waals surface area contributed by atoms with E-state index in [9.17, 15) is 4.79 Å². The molecule has 1 amide bonds. The first-order valence-corrected chi connectivity index (χ1v) is 9.55. The molecule has 26 heavy (non-hydrogen) atoms. The minimum absolute atomic E-state index is 0.0129. The van der Waals surface area contributed by atoms with Crippen molar-refractivity contribution in [2.75, 3.05) is 20.6 Å². The molecular formula is C19H26ClN5O. The van der Waals surface area contributed by atoms with Crippen LogP contribution in [0.1, 0.15) is 60.2 Å². The second kappa shape index (κ2) is 8.64. The van der Waals surface area contributed by atoms with Gasteiger partial charge in [-0.1, -0.05) is 54.3 Å². The number of amides is 1. The smallest absolute Gasteiger partial charge is 0.273 e. The highest BCUT2D eigenvalue weighted by molar-refractivity contribution is 6.31. The molecule has 1 fully saturated rings. The van der Waals surface area contributed by atoms with Gasteiger partial charge in [-0.2, -0.15) is 0 Å². The van der Waals surface area contributed by atoms with Crippen LogP contribution in [0.15, 0.2) is 30.5 Å². The van der Waals surface area contributed by atoms with Crippen LogP contribution in [0.5, 0.6) is 0 Å². The van der Waals surface area contributed by atoms with Crippen LogP contribution >= 0.6 is 11.6 Å². The molecule has 7 heteroatoms. The molecule has 0 radical (unpaired) electrons. The Morgan fingerprint density at radius 3 is 2.73 bits per heavy atom. The van der Waals surface area contributed by atoms with Gasteiger partial charge in [-0.05, 0) is 38.6 Å². The van der Waals surface area contributed by atoms with Crippen LogP contribution in [-0.2, 0) is 0 Å². The fourth-order valence-corrected chi connectivity index (χ4v) is 3.76. The summed E-state index contributed by atoms with van der Waals surface area (Å²) in [6, 6.07) is 8.07. The van der Waals surface area contributed by atoms with Crippen molar-refractivity contribution in [3.8, 4) is 0 Å². The Balaban J connectivity index is 1.64. The third-order valence-electron chi connectivity index (χ3n) is 5.04. The van der Waals surface area contributed by atoms with Gasteiger partial charge in [0, 0.05) is 11.6 Å². The van der Waals surface area contributed by atoms with Gasteiger partial charge in [0.05, 0.1) is 18.3 Å². The lowest BCUT2D eigenvalue weighted by molar-refractivity contribution is 0.0937. The van der Waals surface area contributed by atoms with E-state index >= 15 is 0 Å². The Labute approximate surface area is 159 Å². The number of nitrogens with one attached hydrogen (secondary N) is 1. The molecule has 2 aromatic rings. The molecule has 1 N–H and O–H groups in total. The normalized spacial score (nSPS) is 16.6. The number of carbonyl (C=O) groups is 1. The summed E-state index contributed by atoms with van der Waals surface area (Å²) in [7, 11) is 3.94. The minimum Gasteiger partial charge on any atom is -0.349 e. The highest BCUT2D eigenvalue weighted by Crippen LogP contribution is 2.27. The summed E-state index contributed by atoms with van der Waals surface area (Å²) in [4.78, 5) is 14.5. The van der Waals surface area contributed by atoms with Crippen molar-refractivity contribution in [1.82, 2.24) is 25.2 Å². The molecule has 0 saturated heterocycles. The topological polar surface area (TPSA) is 63.1 Å². The van der Waals surface area contributed by atoms with Crippen LogP contribution in [0.25, 0.3) is 0 Å². The predicted octanol–water partition coefficient (Wildman–Crippen LogP) is 3.47. The second-order valence-electron chi connectivity index (χ2n) is 7.09. The second-order valence-corrected chi connectivity index (χ2v) is 7.49. The molecule has 140 valence electrons. The van der Waals surface area contributed by atoms with Crippen LogP contribution in [0.4, 0.5) is 0 Å². The molecule has 1 aliphatic carbocycles. The average Bonchev–Trinajstić information content (AvgIpc) is 3.14. The molecule has 1 atom stereocenters. The predicted molar refractivity (Wildman–Crippen MR) is 102 cm³/mol. The average molecular weight is 376 g/mol. The highest BCUT2D eigenvalue weighted by atomic mass is 35.5. The first-order chi connectivity index (χ1) is 12.6. The number of hydrogen-bond donors (Lipinski definition) is 1. The van der Waals surface area contributed by atoms with Gasteiger partial charge in [0.1, 0.15) is 0 Å². The number of halogens is 1. The molecule has 1 heterocycles. The van der Waals surface area contributed by atoms with Crippen LogP contribution < -0.4 is 5.32 Å². The summed E-state index contributed by atoms with van der Waals surface area (Å²) in [5, 5.41) is 11.9. The molecule has 0 unspecified atom stereocenters. The molecule has 1 aromatic carbocycles. The first kappa shape index (κ1) is 18.9. The summed E-state index contributed by atoms with van der Waals surface area (Å²) < 4.78 is 1.85. The van der Waals surface area contributed by atoms with Gasteiger partial charge in [0.2, 0.25) is 0 Å². The van der Waals surface area contributed by atoms with Crippen LogP contribution in [-0.4, -0.2) is 46.4 Å². The summed E-state index contributed by atoms with van der Waals surface area (Å²) in [6.07, 6.45) is 7.71. The van der Waals surface area contributed by atoms with E-state index in [0.717, 1.165) is 18.4 Å². The van der Waals surface area contributed by atoms with E-state index < -0.39 is 0 Å². The van der Waals surface area contributed by atoms with E-state index in [4.69, 9.17) is 11.6 Å². The zero-order valence-electron chi connectivity index (χ0n) is 15.4. The molecule has 1 aliphatic rings. The number of carbonyl (C=O) groups excluding carboxylic acids is 1. The molecule has 0 spiro atoms. The SMILES string of the molecule is CN(C)[C@@H](CNC(=O)c1cn(C2CCCCC2)nn1)c1ccccc1Cl. The van der Waals surface area contributed by atoms with Crippen molar-refractivity contribution in [3.05, 3.63) is 46.7 Å². The molecule has 3 rings (SSSR count).